The van der Waals surface area contributed by atoms with Crippen LogP contribution in [0.3, 0.4) is 0 Å². The molecular formula is C7H5Cl4FO. The third-order valence-corrected chi connectivity index (χ3v) is 1.17. The number of para-hydroxylation sites is 1. The number of aromatic hydroxyl groups is 1. The van der Waals surface area contributed by atoms with Crippen LogP contribution in [0, 0.1) is 0 Å². The van der Waals surface area contributed by atoms with Gasteiger partial charge in [-0.25, -0.2) is 0 Å². The second kappa shape index (κ2) is 5.76. The van der Waals surface area contributed by atoms with E-state index in [-0.39, 0.29) is 5.75 Å². The van der Waals surface area contributed by atoms with Crippen LogP contribution in [0.2, 0.25) is 5.02 Å². The van der Waals surface area contributed by atoms with E-state index < -0.39 is 4.05 Å². The maximum atomic E-state index is 11.0. The van der Waals surface area contributed by atoms with Gasteiger partial charge in [0.05, 0.1) is 5.02 Å². The molecule has 0 spiro atoms. The fourth-order valence-corrected chi connectivity index (χ4v) is 0.587. The summed E-state index contributed by atoms with van der Waals surface area (Å²) in [5.41, 5.74) is 0. The highest BCUT2D eigenvalue weighted by atomic mass is 35.6. The lowest BCUT2D eigenvalue weighted by Crippen LogP contribution is -1.83. The number of hydrogen-bond acceptors (Lipinski definition) is 1. The molecule has 0 atom stereocenters. The van der Waals surface area contributed by atoms with E-state index in [0.717, 1.165) is 0 Å². The molecule has 13 heavy (non-hydrogen) atoms. The summed E-state index contributed by atoms with van der Waals surface area (Å²) in [6.45, 7) is 0. The summed E-state index contributed by atoms with van der Waals surface area (Å²) in [6, 6.07) is 6.67. The summed E-state index contributed by atoms with van der Waals surface area (Å²) in [4.78, 5) is 0. The lowest BCUT2D eigenvalue weighted by molar-refractivity contribution is 0.475. The minimum atomic E-state index is -2.58. The summed E-state index contributed by atoms with van der Waals surface area (Å²) in [5, 5.41) is 9.18. The number of hydrogen-bond donors (Lipinski definition) is 1. The third-order valence-electron chi connectivity index (χ3n) is 0.852. The van der Waals surface area contributed by atoms with Gasteiger partial charge in [-0.1, -0.05) is 23.7 Å². The van der Waals surface area contributed by atoms with E-state index in [1.165, 1.54) is 0 Å². The van der Waals surface area contributed by atoms with Gasteiger partial charge in [-0.15, -0.1) is 0 Å². The smallest absolute Gasteiger partial charge is 0.333 e. The van der Waals surface area contributed by atoms with Gasteiger partial charge in [0.1, 0.15) is 5.75 Å². The van der Waals surface area contributed by atoms with E-state index in [2.05, 4.69) is 34.8 Å². The van der Waals surface area contributed by atoms with Crippen molar-refractivity contribution in [2.45, 2.75) is 4.05 Å². The Morgan fingerprint density at radius 3 is 1.77 bits per heavy atom. The molecular weight excluding hydrogens is 261 g/mol. The molecule has 0 aliphatic heterocycles. The second-order valence-corrected chi connectivity index (χ2v) is 4.43. The molecule has 0 unspecified atom stereocenters. The first-order valence-electron chi connectivity index (χ1n) is 3.00. The minimum absolute atomic E-state index is 0.133. The predicted molar refractivity (Wildman–Crippen MR) is 54.5 cm³/mol. The normalized spacial score (nSPS) is 10.2. The van der Waals surface area contributed by atoms with Gasteiger partial charge in [0, 0.05) is 0 Å². The lowest BCUT2D eigenvalue weighted by Gasteiger charge is -1.89. The molecule has 0 radical (unpaired) electrons. The first-order chi connectivity index (χ1) is 5.80. The van der Waals surface area contributed by atoms with E-state index in [9.17, 15) is 4.39 Å². The lowest BCUT2D eigenvalue weighted by atomic mass is 10.3. The van der Waals surface area contributed by atoms with E-state index >= 15 is 0 Å². The van der Waals surface area contributed by atoms with Gasteiger partial charge in [0.2, 0.25) is 0 Å². The van der Waals surface area contributed by atoms with Crippen molar-refractivity contribution in [3.63, 3.8) is 0 Å². The number of rotatable bonds is 0. The molecule has 0 saturated carbocycles. The van der Waals surface area contributed by atoms with Gasteiger partial charge < -0.3 is 5.11 Å². The van der Waals surface area contributed by atoms with Crippen LogP contribution < -0.4 is 0 Å². The van der Waals surface area contributed by atoms with Crippen LogP contribution in [0.25, 0.3) is 0 Å². The highest BCUT2D eigenvalue weighted by Gasteiger charge is 2.14. The van der Waals surface area contributed by atoms with Gasteiger partial charge in [0.25, 0.3) is 0 Å². The Balaban J connectivity index is 0.000000252. The molecule has 0 aliphatic carbocycles. The quantitative estimate of drug-likeness (QED) is 0.693. The third kappa shape index (κ3) is 10.0. The van der Waals surface area contributed by atoms with Gasteiger partial charge in [-0.2, -0.15) is 4.39 Å². The molecule has 0 saturated heterocycles. The van der Waals surface area contributed by atoms with E-state index in [4.69, 9.17) is 16.7 Å². The molecule has 1 N–H and O–H groups in total. The Morgan fingerprint density at radius 2 is 1.54 bits per heavy atom. The highest BCUT2D eigenvalue weighted by Crippen LogP contribution is 2.26. The van der Waals surface area contributed by atoms with Gasteiger partial charge in [0.15, 0.2) is 0 Å². The largest absolute Gasteiger partial charge is 0.506 e. The van der Waals surface area contributed by atoms with Crippen molar-refractivity contribution in [3.8, 4) is 5.75 Å². The molecule has 0 aromatic heterocycles. The van der Waals surface area contributed by atoms with Crippen molar-refractivity contribution in [3.05, 3.63) is 29.3 Å². The van der Waals surface area contributed by atoms with Crippen LogP contribution in [0.5, 0.6) is 5.75 Å². The molecule has 0 amide bonds. The Morgan fingerprint density at radius 1 is 1.15 bits per heavy atom. The second-order valence-electron chi connectivity index (χ2n) is 1.88. The van der Waals surface area contributed by atoms with E-state index in [1.54, 1.807) is 24.3 Å². The zero-order chi connectivity index (χ0) is 10.5. The molecule has 0 bridgehead atoms. The van der Waals surface area contributed by atoms with E-state index in [0.29, 0.717) is 5.02 Å². The molecule has 1 aromatic carbocycles. The standard InChI is InChI=1S/C6H5ClO.CCl3F/c7-5-3-1-2-4-6(5)8;2-1(3,4)5/h1-4,8H;. The maximum Gasteiger partial charge on any atom is 0.333 e. The molecule has 1 nitrogen and oxygen atoms in total. The highest BCUT2D eigenvalue weighted by molar-refractivity contribution is 6.66. The van der Waals surface area contributed by atoms with Crippen LogP contribution in [0.15, 0.2) is 24.3 Å². The topological polar surface area (TPSA) is 20.2 Å². The van der Waals surface area contributed by atoms with Crippen molar-refractivity contribution < 1.29 is 9.50 Å². The Labute approximate surface area is 95.0 Å². The zero-order valence-corrected chi connectivity index (χ0v) is 9.17. The summed E-state index contributed by atoms with van der Waals surface area (Å²) < 4.78 is 8.40. The molecule has 74 valence electrons. The van der Waals surface area contributed by atoms with Crippen molar-refractivity contribution >= 4 is 46.4 Å². The van der Waals surface area contributed by atoms with Gasteiger partial charge in [-0.05, 0) is 46.9 Å². The first kappa shape index (κ1) is 13.1. The Kier molecular flexibility index (Phi) is 5.81. The molecule has 1 rings (SSSR count). The van der Waals surface area contributed by atoms with Crippen molar-refractivity contribution in [1.82, 2.24) is 0 Å². The number of phenols is 1. The SMILES string of the molecule is FC(Cl)(Cl)Cl.Oc1ccccc1Cl. The monoisotopic (exact) mass is 264 g/mol. The fourth-order valence-electron chi connectivity index (χ4n) is 0.452. The number of benzene rings is 1. The molecule has 0 aliphatic rings. The average molecular weight is 266 g/mol. The molecule has 1 aromatic rings. The average Bonchev–Trinajstić information content (AvgIpc) is 1.92. The summed E-state index contributed by atoms with van der Waals surface area (Å²) >= 11 is 18.6. The molecule has 6 heteroatoms. The summed E-state index contributed by atoms with van der Waals surface area (Å²) in [6.07, 6.45) is 0. The zero-order valence-electron chi connectivity index (χ0n) is 6.15. The predicted octanol–water partition coefficient (Wildman–Crippen LogP) is 4.33. The minimum Gasteiger partial charge on any atom is -0.506 e. The van der Waals surface area contributed by atoms with Crippen molar-refractivity contribution in [2.75, 3.05) is 0 Å². The summed E-state index contributed by atoms with van der Waals surface area (Å²) in [5.74, 6) is 0.133. The number of alkyl halides is 4. The van der Waals surface area contributed by atoms with E-state index in [1.807, 2.05) is 0 Å². The maximum absolute atomic E-state index is 11.0. The van der Waals surface area contributed by atoms with Crippen molar-refractivity contribution in [2.24, 2.45) is 0 Å². The Bertz CT molecular complexity index is 234. The first-order valence-corrected chi connectivity index (χ1v) is 4.51. The van der Waals surface area contributed by atoms with Crippen LogP contribution >= 0.6 is 46.4 Å². The molecule has 0 fully saturated rings. The van der Waals surface area contributed by atoms with Crippen LogP contribution in [0.1, 0.15) is 0 Å². The Hall–Kier alpha value is 0.110. The van der Waals surface area contributed by atoms with Crippen molar-refractivity contribution in [1.29, 1.82) is 0 Å². The fraction of sp³-hybridized carbons (Fsp3) is 0.143. The van der Waals surface area contributed by atoms with Gasteiger partial charge in [-0.3, -0.25) is 0 Å². The molecule has 0 heterocycles. The number of halogens is 5. The van der Waals surface area contributed by atoms with Crippen LogP contribution in [0.4, 0.5) is 4.39 Å². The number of phenolic OH excluding ortho intramolecular Hbond substituents is 1. The van der Waals surface area contributed by atoms with Gasteiger partial charge >= 0.3 is 4.05 Å². The summed E-state index contributed by atoms with van der Waals surface area (Å²) in [7, 11) is 0. The van der Waals surface area contributed by atoms with Crippen LogP contribution in [-0.4, -0.2) is 9.15 Å². The van der Waals surface area contributed by atoms with Crippen LogP contribution in [-0.2, 0) is 0 Å².